The van der Waals surface area contributed by atoms with Gasteiger partial charge in [0.25, 0.3) is 0 Å². The molecule has 3 aromatic rings. The quantitative estimate of drug-likeness (QED) is 0.277. The molecule has 0 radical (unpaired) electrons. The standard InChI is InChI=1S/C26H25N3O6S2/c1-5-35-26(32)22-15(2)21(25(31)34-4)24(37-22)29-20(30)12-13-36-23-17(14-27)8-11-19(28-23)16-6-9-18(33-3)10-7-16/h6-11H,5,12-13H2,1-4H3,(H,29,30). The molecule has 2 aromatic heterocycles. The lowest BCUT2D eigenvalue weighted by molar-refractivity contribution is -0.115. The van der Waals surface area contributed by atoms with Crippen molar-refractivity contribution in [1.82, 2.24) is 4.98 Å². The van der Waals surface area contributed by atoms with Crippen LogP contribution in [0.2, 0.25) is 0 Å². The first-order chi connectivity index (χ1) is 17.8. The Labute approximate surface area is 222 Å². The van der Waals surface area contributed by atoms with Crippen LogP contribution in [0.3, 0.4) is 0 Å². The van der Waals surface area contributed by atoms with E-state index in [1.807, 2.05) is 24.3 Å². The summed E-state index contributed by atoms with van der Waals surface area (Å²) in [6.45, 7) is 3.47. The molecule has 0 bridgehead atoms. The van der Waals surface area contributed by atoms with E-state index in [0.717, 1.165) is 22.6 Å². The van der Waals surface area contributed by atoms with Crippen LogP contribution in [0.1, 0.15) is 44.5 Å². The number of ether oxygens (including phenoxy) is 3. The second-order valence-electron chi connectivity index (χ2n) is 7.51. The van der Waals surface area contributed by atoms with Gasteiger partial charge in [-0.1, -0.05) is 0 Å². The number of benzene rings is 1. The van der Waals surface area contributed by atoms with Crippen LogP contribution in [0, 0.1) is 18.3 Å². The fourth-order valence-corrected chi connectivity index (χ4v) is 5.35. The maximum atomic E-state index is 12.7. The Hall–Kier alpha value is -3.88. The van der Waals surface area contributed by atoms with E-state index in [0.29, 0.717) is 27.6 Å². The molecule has 3 rings (SSSR count). The number of hydrogen-bond acceptors (Lipinski definition) is 10. The van der Waals surface area contributed by atoms with E-state index in [2.05, 4.69) is 16.4 Å². The summed E-state index contributed by atoms with van der Waals surface area (Å²) in [5.41, 5.74) is 2.47. The van der Waals surface area contributed by atoms with Crippen LogP contribution in [0.4, 0.5) is 5.00 Å². The lowest BCUT2D eigenvalue weighted by atomic mass is 10.1. The van der Waals surface area contributed by atoms with Crippen molar-refractivity contribution < 1.29 is 28.6 Å². The summed E-state index contributed by atoms with van der Waals surface area (Å²) in [4.78, 5) is 42.1. The molecule has 9 nitrogen and oxygen atoms in total. The number of thioether (sulfide) groups is 1. The molecule has 11 heteroatoms. The number of nitrogens with one attached hydrogen (secondary N) is 1. The van der Waals surface area contributed by atoms with Gasteiger partial charge in [-0.3, -0.25) is 4.79 Å². The zero-order chi connectivity index (χ0) is 26.9. The summed E-state index contributed by atoms with van der Waals surface area (Å²) in [5.74, 6) is -0.532. The number of amides is 1. The van der Waals surface area contributed by atoms with Crippen LogP contribution in [0.15, 0.2) is 41.4 Å². The maximum absolute atomic E-state index is 12.7. The first kappa shape index (κ1) is 27.7. The van der Waals surface area contributed by atoms with Gasteiger partial charge >= 0.3 is 11.9 Å². The molecule has 1 amide bonds. The van der Waals surface area contributed by atoms with Gasteiger partial charge in [0.1, 0.15) is 26.7 Å². The molecule has 0 spiro atoms. The summed E-state index contributed by atoms with van der Waals surface area (Å²) in [5, 5.41) is 12.9. The molecule has 37 heavy (non-hydrogen) atoms. The van der Waals surface area contributed by atoms with E-state index in [1.54, 1.807) is 33.1 Å². The van der Waals surface area contributed by atoms with Crippen molar-refractivity contribution in [3.63, 3.8) is 0 Å². The summed E-state index contributed by atoms with van der Waals surface area (Å²) in [6.07, 6.45) is 0.0796. The van der Waals surface area contributed by atoms with Crippen molar-refractivity contribution in [3.8, 4) is 23.1 Å². The third kappa shape index (κ3) is 6.67. The zero-order valence-electron chi connectivity index (χ0n) is 20.7. The van der Waals surface area contributed by atoms with Gasteiger partial charge in [-0.2, -0.15) is 5.26 Å². The maximum Gasteiger partial charge on any atom is 0.348 e. The fourth-order valence-electron chi connectivity index (χ4n) is 3.33. The minimum Gasteiger partial charge on any atom is -0.497 e. The number of hydrogen-bond donors (Lipinski definition) is 1. The normalized spacial score (nSPS) is 10.4. The summed E-state index contributed by atoms with van der Waals surface area (Å²) in [7, 11) is 2.82. The smallest absolute Gasteiger partial charge is 0.348 e. The highest BCUT2D eigenvalue weighted by Gasteiger charge is 2.27. The molecular weight excluding hydrogens is 514 g/mol. The van der Waals surface area contributed by atoms with Crippen molar-refractivity contribution in [2.24, 2.45) is 0 Å². The number of nitrogens with zero attached hydrogens (tertiary/aromatic N) is 2. The van der Waals surface area contributed by atoms with Gasteiger partial charge in [-0.25, -0.2) is 14.6 Å². The largest absolute Gasteiger partial charge is 0.497 e. The van der Waals surface area contributed by atoms with Gasteiger partial charge in [0.2, 0.25) is 5.91 Å². The summed E-state index contributed by atoms with van der Waals surface area (Å²) >= 11 is 2.25. The van der Waals surface area contributed by atoms with Gasteiger partial charge in [-0.15, -0.1) is 23.1 Å². The molecule has 0 aliphatic rings. The Morgan fingerprint density at radius 3 is 2.46 bits per heavy atom. The number of thiophene rings is 1. The second-order valence-corrected chi connectivity index (χ2v) is 9.61. The average molecular weight is 540 g/mol. The first-order valence-electron chi connectivity index (χ1n) is 11.2. The van der Waals surface area contributed by atoms with E-state index in [1.165, 1.54) is 18.9 Å². The first-order valence-corrected chi connectivity index (χ1v) is 13.0. The number of rotatable bonds is 10. The molecule has 0 saturated heterocycles. The van der Waals surface area contributed by atoms with E-state index in [-0.39, 0.29) is 34.4 Å². The highest BCUT2D eigenvalue weighted by atomic mass is 32.2. The Kier molecular flexibility index (Phi) is 9.65. The molecule has 192 valence electrons. The SMILES string of the molecule is CCOC(=O)c1sc(NC(=O)CCSc2nc(-c3ccc(OC)cc3)ccc2C#N)c(C(=O)OC)c1C. The van der Waals surface area contributed by atoms with E-state index >= 15 is 0 Å². The van der Waals surface area contributed by atoms with E-state index < -0.39 is 11.9 Å². The molecule has 0 aliphatic heterocycles. The van der Waals surface area contributed by atoms with Crippen LogP contribution in [0.5, 0.6) is 5.75 Å². The number of carbonyl (C=O) groups is 3. The van der Waals surface area contributed by atoms with Gasteiger partial charge in [0, 0.05) is 17.7 Å². The van der Waals surface area contributed by atoms with Crippen LogP contribution >= 0.6 is 23.1 Å². The Morgan fingerprint density at radius 2 is 1.84 bits per heavy atom. The molecule has 0 unspecified atom stereocenters. The second kappa shape index (κ2) is 12.9. The third-order valence-corrected chi connectivity index (χ3v) is 7.36. The van der Waals surface area contributed by atoms with Crippen LogP contribution in [-0.2, 0) is 14.3 Å². The van der Waals surface area contributed by atoms with E-state index in [4.69, 9.17) is 14.2 Å². The molecular formula is C26H25N3O6S2. The van der Waals surface area contributed by atoms with Crippen molar-refractivity contribution in [3.05, 3.63) is 58.0 Å². The van der Waals surface area contributed by atoms with E-state index in [9.17, 15) is 19.6 Å². The number of anilines is 1. The minimum absolute atomic E-state index is 0.0796. The number of esters is 2. The molecule has 1 N–H and O–H groups in total. The molecule has 2 heterocycles. The van der Waals surface area contributed by atoms with Gasteiger partial charge in [0.15, 0.2) is 0 Å². The molecule has 1 aromatic carbocycles. The highest BCUT2D eigenvalue weighted by molar-refractivity contribution is 7.99. The lowest BCUT2D eigenvalue weighted by Gasteiger charge is -2.08. The van der Waals surface area contributed by atoms with Crippen molar-refractivity contribution in [1.29, 1.82) is 5.26 Å². The number of nitriles is 1. The molecule has 0 atom stereocenters. The van der Waals surface area contributed by atoms with Crippen LogP contribution in [0.25, 0.3) is 11.3 Å². The zero-order valence-corrected chi connectivity index (χ0v) is 22.4. The Morgan fingerprint density at radius 1 is 1.11 bits per heavy atom. The molecule has 0 saturated carbocycles. The van der Waals surface area contributed by atoms with Crippen LogP contribution < -0.4 is 10.1 Å². The Bertz CT molecular complexity index is 1350. The lowest BCUT2D eigenvalue weighted by Crippen LogP contribution is -2.14. The van der Waals surface area contributed by atoms with Gasteiger partial charge in [0.05, 0.1) is 37.6 Å². The predicted octanol–water partition coefficient (Wildman–Crippen LogP) is 5.08. The Balaban J connectivity index is 1.71. The highest BCUT2D eigenvalue weighted by Crippen LogP contribution is 2.34. The summed E-state index contributed by atoms with van der Waals surface area (Å²) in [6, 6.07) is 13.0. The minimum atomic E-state index is -0.660. The number of methoxy groups -OCH3 is 2. The number of pyridine rings is 1. The fraction of sp³-hybridized carbons (Fsp3) is 0.269. The number of carbonyl (C=O) groups excluding carboxylic acids is 3. The topological polar surface area (TPSA) is 128 Å². The van der Waals surface area contributed by atoms with Crippen molar-refractivity contribution in [2.45, 2.75) is 25.3 Å². The van der Waals surface area contributed by atoms with Crippen molar-refractivity contribution in [2.75, 3.05) is 31.9 Å². The monoisotopic (exact) mass is 539 g/mol. The predicted molar refractivity (Wildman–Crippen MR) is 141 cm³/mol. The van der Waals surface area contributed by atoms with Gasteiger partial charge < -0.3 is 19.5 Å². The van der Waals surface area contributed by atoms with Gasteiger partial charge in [-0.05, 0) is 55.8 Å². The molecule has 0 aliphatic carbocycles. The van der Waals surface area contributed by atoms with Crippen molar-refractivity contribution >= 4 is 45.9 Å². The summed E-state index contributed by atoms with van der Waals surface area (Å²) < 4.78 is 15.1. The number of aromatic nitrogens is 1. The van der Waals surface area contributed by atoms with Crippen LogP contribution in [-0.4, -0.2) is 49.4 Å². The average Bonchev–Trinajstić information content (AvgIpc) is 3.23. The third-order valence-electron chi connectivity index (χ3n) is 5.18. The molecule has 0 fully saturated rings.